The Kier molecular flexibility index (Phi) is 6.61. The van der Waals surface area contributed by atoms with E-state index in [1.807, 2.05) is 49.3 Å². The lowest BCUT2D eigenvalue weighted by Gasteiger charge is -2.26. The third-order valence-electron chi connectivity index (χ3n) is 6.00. The fourth-order valence-corrected chi connectivity index (χ4v) is 4.28. The van der Waals surface area contributed by atoms with Gasteiger partial charge in [0.25, 0.3) is 11.7 Å². The van der Waals surface area contributed by atoms with Crippen LogP contribution in [0.2, 0.25) is 0 Å². The van der Waals surface area contributed by atoms with Crippen LogP contribution in [-0.2, 0) is 9.59 Å². The van der Waals surface area contributed by atoms with Crippen molar-refractivity contribution in [3.8, 4) is 5.69 Å². The molecule has 0 radical (unpaired) electrons. The third kappa shape index (κ3) is 4.36. The van der Waals surface area contributed by atoms with E-state index in [9.17, 15) is 19.1 Å². The predicted octanol–water partition coefficient (Wildman–Crippen LogP) is 3.69. The van der Waals surface area contributed by atoms with Crippen molar-refractivity contribution in [3.05, 3.63) is 89.0 Å². The summed E-state index contributed by atoms with van der Waals surface area (Å²) in [5.41, 5.74) is 2.33. The zero-order chi connectivity index (χ0) is 24.4. The van der Waals surface area contributed by atoms with Gasteiger partial charge in [0.1, 0.15) is 11.6 Å². The Morgan fingerprint density at radius 1 is 1.09 bits per heavy atom. The number of amides is 1. The van der Waals surface area contributed by atoms with Gasteiger partial charge in [-0.1, -0.05) is 30.3 Å². The molecule has 1 aromatic heterocycles. The SMILES string of the molecule is Cc1c(C(O)=C2C(=O)C(=O)N(CCCN(C)C)[C@H]2c2ccc(F)cc2)cnn1-c1ccccc1. The number of aliphatic hydroxyl groups is 1. The first-order valence-electron chi connectivity index (χ1n) is 11.1. The molecule has 8 heteroatoms. The van der Waals surface area contributed by atoms with Gasteiger partial charge in [0.2, 0.25) is 0 Å². The van der Waals surface area contributed by atoms with Crippen molar-refractivity contribution < 1.29 is 19.1 Å². The maximum Gasteiger partial charge on any atom is 0.295 e. The summed E-state index contributed by atoms with van der Waals surface area (Å²) in [6.45, 7) is 2.83. The number of ketones is 1. The number of hydrogen-bond donors (Lipinski definition) is 1. The van der Waals surface area contributed by atoms with E-state index in [1.54, 1.807) is 23.7 Å². The Morgan fingerprint density at radius 2 is 1.76 bits per heavy atom. The number of carbonyl (C=O) groups is 2. The van der Waals surface area contributed by atoms with Crippen LogP contribution in [0.1, 0.15) is 29.3 Å². The molecule has 1 saturated heterocycles. The molecular weight excluding hydrogens is 435 g/mol. The number of likely N-dealkylation sites (tertiary alicyclic amines) is 1. The number of aromatic nitrogens is 2. The maximum absolute atomic E-state index is 13.6. The highest BCUT2D eigenvalue weighted by molar-refractivity contribution is 6.46. The Hall–Kier alpha value is -3.78. The van der Waals surface area contributed by atoms with Crippen molar-refractivity contribution >= 4 is 17.4 Å². The van der Waals surface area contributed by atoms with Gasteiger partial charge in [-0.25, -0.2) is 9.07 Å². The van der Waals surface area contributed by atoms with Crippen LogP contribution in [-0.4, -0.2) is 63.6 Å². The first-order valence-corrected chi connectivity index (χ1v) is 11.1. The Bertz CT molecular complexity index is 1230. The van der Waals surface area contributed by atoms with Crippen molar-refractivity contribution in [1.82, 2.24) is 19.6 Å². The minimum Gasteiger partial charge on any atom is -0.507 e. The molecule has 0 unspecified atom stereocenters. The zero-order valence-corrected chi connectivity index (χ0v) is 19.4. The van der Waals surface area contributed by atoms with Gasteiger partial charge in [-0.2, -0.15) is 5.10 Å². The second kappa shape index (κ2) is 9.61. The lowest BCUT2D eigenvalue weighted by Crippen LogP contribution is -2.32. The number of carbonyl (C=O) groups excluding carboxylic acids is 2. The Balaban J connectivity index is 1.80. The standard InChI is InChI=1S/C26H27FN4O3/c1-17-21(16-28-31(17)20-8-5-4-6-9-20)24(32)22-23(18-10-12-19(27)13-11-18)30(26(34)25(22)33)15-7-14-29(2)3/h4-6,8-13,16,23,32H,7,14-15H2,1-3H3/t23-/m0/s1. The van der Waals surface area contributed by atoms with Gasteiger partial charge in [0, 0.05) is 6.54 Å². The molecule has 1 aliphatic rings. The summed E-state index contributed by atoms with van der Waals surface area (Å²) in [7, 11) is 3.86. The quantitative estimate of drug-likeness (QED) is 0.329. The topological polar surface area (TPSA) is 78.7 Å². The van der Waals surface area contributed by atoms with Gasteiger partial charge >= 0.3 is 0 Å². The highest BCUT2D eigenvalue weighted by Gasteiger charge is 2.46. The average molecular weight is 463 g/mol. The molecule has 0 spiro atoms. The van der Waals surface area contributed by atoms with Crippen molar-refractivity contribution in [1.29, 1.82) is 0 Å². The van der Waals surface area contributed by atoms with Gasteiger partial charge in [-0.3, -0.25) is 9.59 Å². The molecule has 2 heterocycles. The van der Waals surface area contributed by atoms with Gasteiger partial charge in [0.05, 0.1) is 34.8 Å². The van der Waals surface area contributed by atoms with E-state index in [-0.39, 0.29) is 11.3 Å². The molecule has 1 atom stereocenters. The molecular formula is C26H27FN4O3. The van der Waals surface area contributed by atoms with Gasteiger partial charge in [0.15, 0.2) is 0 Å². The van der Waals surface area contributed by atoms with Gasteiger partial charge in [-0.05, 0) is 63.8 Å². The summed E-state index contributed by atoms with van der Waals surface area (Å²) in [6, 6.07) is 14.2. The van der Waals surface area contributed by atoms with E-state index >= 15 is 0 Å². The van der Waals surface area contributed by atoms with Crippen LogP contribution in [0.15, 0.2) is 66.4 Å². The van der Waals surface area contributed by atoms with Crippen molar-refractivity contribution in [2.75, 3.05) is 27.2 Å². The van der Waals surface area contributed by atoms with Crippen molar-refractivity contribution in [2.45, 2.75) is 19.4 Å². The minimum absolute atomic E-state index is 0.0165. The van der Waals surface area contributed by atoms with E-state index in [2.05, 4.69) is 5.10 Å². The van der Waals surface area contributed by atoms with Crippen molar-refractivity contribution in [3.63, 3.8) is 0 Å². The van der Waals surface area contributed by atoms with Crippen LogP contribution in [0.3, 0.4) is 0 Å². The molecule has 176 valence electrons. The number of benzene rings is 2. The van der Waals surface area contributed by atoms with E-state index in [0.717, 1.165) is 12.2 Å². The second-order valence-electron chi connectivity index (χ2n) is 8.59. The number of Topliss-reactive ketones (excluding diaryl/α,β-unsaturated/α-hetero) is 1. The highest BCUT2D eigenvalue weighted by Crippen LogP contribution is 2.40. The fraction of sp³-hybridized carbons (Fsp3) is 0.269. The van der Waals surface area contributed by atoms with Crippen LogP contribution in [0.4, 0.5) is 4.39 Å². The summed E-state index contributed by atoms with van der Waals surface area (Å²) in [5.74, 6) is -2.15. The lowest BCUT2D eigenvalue weighted by molar-refractivity contribution is -0.139. The minimum atomic E-state index is -0.817. The zero-order valence-electron chi connectivity index (χ0n) is 19.4. The summed E-state index contributed by atoms with van der Waals surface area (Å²) in [5, 5.41) is 15.7. The molecule has 1 N–H and O–H groups in total. The number of nitrogens with zero attached hydrogens (tertiary/aromatic N) is 4. The summed E-state index contributed by atoms with van der Waals surface area (Å²) in [4.78, 5) is 29.6. The largest absolute Gasteiger partial charge is 0.507 e. The van der Waals surface area contributed by atoms with Crippen LogP contribution >= 0.6 is 0 Å². The predicted molar refractivity (Wildman–Crippen MR) is 127 cm³/mol. The molecule has 1 fully saturated rings. The molecule has 1 aliphatic heterocycles. The first-order chi connectivity index (χ1) is 16.3. The molecule has 34 heavy (non-hydrogen) atoms. The average Bonchev–Trinajstić information content (AvgIpc) is 3.32. The number of hydrogen-bond acceptors (Lipinski definition) is 5. The number of halogens is 1. The molecule has 0 saturated carbocycles. The summed E-state index contributed by atoms with van der Waals surface area (Å²) in [6.07, 6.45) is 2.13. The van der Waals surface area contributed by atoms with E-state index < -0.39 is 23.5 Å². The van der Waals surface area contributed by atoms with Crippen LogP contribution < -0.4 is 0 Å². The van der Waals surface area contributed by atoms with Crippen LogP contribution in [0.5, 0.6) is 0 Å². The molecule has 3 aromatic rings. The first kappa shape index (κ1) is 23.4. The monoisotopic (exact) mass is 462 g/mol. The normalized spacial score (nSPS) is 17.7. The molecule has 7 nitrogen and oxygen atoms in total. The van der Waals surface area contributed by atoms with E-state index in [4.69, 9.17) is 0 Å². The fourth-order valence-electron chi connectivity index (χ4n) is 4.28. The second-order valence-corrected chi connectivity index (χ2v) is 8.59. The summed E-state index contributed by atoms with van der Waals surface area (Å²) >= 11 is 0. The summed E-state index contributed by atoms with van der Waals surface area (Å²) < 4.78 is 15.3. The molecule has 2 aromatic carbocycles. The molecule has 1 amide bonds. The van der Waals surface area contributed by atoms with Crippen LogP contribution in [0, 0.1) is 12.7 Å². The Labute approximate surface area is 197 Å². The number of rotatable bonds is 7. The lowest BCUT2D eigenvalue weighted by atomic mass is 9.95. The molecule has 0 aliphatic carbocycles. The Morgan fingerprint density at radius 3 is 2.41 bits per heavy atom. The molecule has 0 bridgehead atoms. The third-order valence-corrected chi connectivity index (χ3v) is 6.00. The number of aliphatic hydroxyl groups excluding tert-OH is 1. The van der Waals surface area contributed by atoms with Crippen LogP contribution in [0.25, 0.3) is 11.4 Å². The van der Waals surface area contributed by atoms with Crippen molar-refractivity contribution in [2.24, 2.45) is 0 Å². The number of para-hydroxylation sites is 1. The van der Waals surface area contributed by atoms with E-state index in [0.29, 0.717) is 29.8 Å². The van der Waals surface area contributed by atoms with E-state index in [1.165, 1.54) is 23.2 Å². The van der Waals surface area contributed by atoms with Gasteiger partial charge in [-0.15, -0.1) is 0 Å². The highest BCUT2D eigenvalue weighted by atomic mass is 19.1. The molecule has 4 rings (SSSR count). The smallest absolute Gasteiger partial charge is 0.295 e. The van der Waals surface area contributed by atoms with Gasteiger partial charge < -0.3 is 14.9 Å². The maximum atomic E-state index is 13.6.